The topological polar surface area (TPSA) is 114 Å². The van der Waals surface area contributed by atoms with E-state index in [9.17, 15) is 18.0 Å². The predicted molar refractivity (Wildman–Crippen MR) is 128 cm³/mol. The second kappa shape index (κ2) is 10.3. The third kappa shape index (κ3) is 6.34. The number of carbonyl (C=O) groups is 2. The third-order valence-electron chi connectivity index (χ3n) is 5.00. The molecule has 0 unspecified atom stereocenters. The van der Waals surface area contributed by atoms with E-state index in [1.807, 2.05) is 0 Å². The van der Waals surface area contributed by atoms with E-state index in [1.54, 1.807) is 60.7 Å². The molecule has 0 radical (unpaired) electrons. The summed E-state index contributed by atoms with van der Waals surface area (Å²) in [5, 5.41) is 0.555. The monoisotopic (exact) mass is 499 g/mol. The van der Waals surface area contributed by atoms with Gasteiger partial charge in [-0.05, 0) is 85.6 Å². The van der Waals surface area contributed by atoms with Crippen molar-refractivity contribution in [3.63, 3.8) is 0 Å². The number of benzene rings is 3. The molecule has 8 nitrogen and oxygen atoms in total. The number of ketones is 1. The molecule has 1 aliphatic carbocycles. The van der Waals surface area contributed by atoms with Crippen LogP contribution in [0.3, 0.4) is 0 Å². The summed E-state index contributed by atoms with van der Waals surface area (Å²) in [6.45, 7) is -0.255. The summed E-state index contributed by atoms with van der Waals surface area (Å²) in [6.07, 6.45) is 1.72. The number of sulfonamides is 1. The van der Waals surface area contributed by atoms with Gasteiger partial charge in [0.15, 0.2) is 12.4 Å². The Morgan fingerprint density at radius 2 is 1.47 bits per heavy atom. The van der Waals surface area contributed by atoms with Gasteiger partial charge in [-0.25, -0.2) is 13.1 Å². The number of hydrazine groups is 1. The highest BCUT2D eigenvalue weighted by Gasteiger charge is 2.27. The maximum Gasteiger partial charge on any atom is 0.276 e. The molecular weight excluding hydrogens is 478 g/mol. The molecule has 0 bridgehead atoms. The van der Waals surface area contributed by atoms with Crippen LogP contribution in [0.4, 0.5) is 5.69 Å². The molecule has 1 fully saturated rings. The van der Waals surface area contributed by atoms with E-state index in [0.717, 1.165) is 12.8 Å². The lowest BCUT2D eigenvalue weighted by Gasteiger charge is -2.11. The summed E-state index contributed by atoms with van der Waals surface area (Å²) in [6, 6.07) is 19.1. The Morgan fingerprint density at radius 1 is 0.882 bits per heavy atom. The zero-order chi connectivity index (χ0) is 24.1. The van der Waals surface area contributed by atoms with Crippen LogP contribution in [0.2, 0.25) is 5.02 Å². The quantitative estimate of drug-likeness (QED) is 0.290. The van der Waals surface area contributed by atoms with Crippen molar-refractivity contribution in [2.24, 2.45) is 0 Å². The first-order valence-electron chi connectivity index (χ1n) is 10.5. The van der Waals surface area contributed by atoms with Crippen LogP contribution in [-0.4, -0.2) is 32.8 Å². The van der Waals surface area contributed by atoms with Crippen LogP contribution in [0.15, 0.2) is 77.7 Å². The van der Waals surface area contributed by atoms with Gasteiger partial charge in [0.05, 0.1) is 10.6 Å². The minimum Gasteiger partial charge on any atom is -0.484 e. The Kier molecular flexibility index (Phi) is 7.16. The van der Waals surface area contributed by atoms with Gasteiger partial charge in [-0.2, -0.15) is 0 Å². The molecule has 3 aromatic rings. The molecule has 0 saturated heterocycles. The van der Waals surface area contributed by atoms with E-state index in [4.69, 9.17) is 16.3 Å². The Hall–Kier alpha value is -3.40. The fourth-order valence-electron chi connectivity index (χ4n) is 3.00. The number of halogens is 1. The average Bonchev–Trinajstić information content (AvgIpc) is 3.65. The van der Waals surface area contributed by atoms with E-state index in [2.05, 4.69) is 15.6 Å². The second-order valence-electron chi connectivity index (χ2n) is 7.74. The minimum atomic E-state index is -3.52. The average molecular weight is 500 g/mol. The number of carbonyl (C=O) groups excluding carboxylic acids is 2. The molecule has 0 aliphatic heterocycles. The van der Waals surface area contributed by atoms with Crippen molar-refractivity contribution in [2.75, 3.05) is 12.0 Å². The van der Waals surface area contributed by atoms with Crippen molar-refractivity contribution in [3.8, 4) is 5.75 Å². The van der Waals surface area contributed by atoms with Gasteiger partial charge >= 0.3 is 0 Å². The van der Waals surface area contributed by atoms with Gasteiger partial charge in [0, 0.05) is 22.2 Å². The SMILES string of the molecule is O=C(COc1ccc(C(=O)c2ccc(Cl)cc2)cc1)NNc1ccc(S(=O)(=O)NC2CC2)cc1. The Morgan fingerprint density at radius 3 is 2.06 bits per heavy atom. The smallest absolute Gasteiger partial charge is 0.276 e. The second-order valence-corrected chi connectivity index (χ2v) is 9.89. The van der Waals surface area contributed by atoms with E-state index in [1.165, 1.54) is 12.1 Å². The van der Waals surface area contributed by atoms with Crippen molar-refractivity contribution in [2.45, 2.75) is 23.8 Å². The molecular formula is C24H22ClN3O5S. The first-order chi connectivity index (χ1) is 16.3. The molecule has 1 saturated carbocycles. The molecule has 1 aliphatic rings. The molecule has 0 spiro atoms. The number of anilines is 1. The first kappa shape index (κ1) is 23.7. The lowest BCUT2D eigenvalue weighted by molar-refractivity contribution is -0.122. The van der Waals surface area contributed by atoms with Crippen LogP contribution in [0.25, 0.3) is 0 Å². The molecule has 1 amide bonds. The molecule has 3 N–H and O–H groups in total. The van der Waals surface area contributed by atoms with Gasteiger partial charge in [0.1, 0.15) is 5.75 Å². The van der Waals surface area contributed by atoms with Gasteiger partial charge in [-0.3, -0.25) is 20.4 Å². The number of nitrogens with one attached hydrogen (secondary N) is 3. The molecule has 0 atom stereocenters. The minimum absolute atomic E-state index is 0.0299. The third-order valence-corrected chi connectivity index (χ3v) is 6.79. The van der Waals surface area contributed by atoms with Crippen molar-refractivity contribution >= 4 is 39.0 Å². The highest BCUT2D eigenvalue weighted by atomic mass is 35.5. The Bertz CT molecular complexity index is 1270. The van der Waals surface area contributed by atoms with Crippen LogP contribution < -0.4 is 20.3 Å². The molecule has 3 aromatic carbocycles. The lowest BCUT2D eigenvalue weighted by Crippen LogP contribution is -2.33. The van der Waals surface area contributed by atoms with Gasteiger partial charge in [-0.1, -0.05) is 11.6 Å². The van der Waals surface area contributed by atoms with E-state index < -0.39 is 15.9 Å². The largest absolute Gasteiger partial charge is 0.484 e. The highest BCUT2D eigenvalue weighted by molar-refractivity contribution is 7.89. The summed E-state index contributed by atoms with van der Waals surface area (Å²) in [5.41, 5.74) is 6.71. The first-order valence-corrected chi connectivity index (χ1v) is 12.4. The molecule has 4 rings (SSSR count). The number of rotatable bonds is 10. The van der Waals surface area contributed by atoms with Crippen LogP contribution in [-0.2, 0) is 14.8 Å². The maximum absolute atomic E-state index is 12.5. The van der Waals surface area contributed by atoms with Crippen molar-refractivity contribution in [3.05, 3.63) is 88.9 Å². The van der Waals surface area contributed by atoms with Crippen molar-refractivity contribution in [1.29, 1.82) is 0 Å². The number of amides is 1. The zero-order valence-electron chi connectivity index (χ0n) is 18.0. The summed E-state index contributed by atoms with van der Waals surface area (Å²) >= 11 is 5.85. The lowest BCUT2D eigenvalue weighted by atomic mass is 10.0. The summed E-state index contributed by atoms with van der Waals surface area (Å²) in [4.78, 5) is 24.7. The van der Waals surface area contributed by atoms with Crippen LogP contribution in [0.1, 0.15) is 28.8 Å². The van der Waals surface area contributed by atoms with E-state index in [0.29, 0.717) is 27.6 Å². The normalized spacial score (nSPS) is 13.2. The van der Waals surface area contributed by atoms with Gasteiger partial charge in [0.25, 0.3) is 5.91 Å². The summed E-state index contributed by atoms with van der Waals surface area (Å²) < 4.78 is 32.4. The number of ether oxygens (including phenoxy) is 1. The molecule has 10 heteroatoms. The summed E-state index contributed by atoms with van der Waals surface area (Å²) in [5.74, 6) is -0.152. The molecule has 0 aromatic heterocycles. The molecule has 0 heterocycles. The van der Waals surface area contributed by atoms with Gasteiger partial charge in [0.2, 0.25) is 10.0 Å². The Balaban J connectivity index is 1.24. The van der Waals surface area contributed by atoms with Crippen LogP contribution in [0, 0.1) is 0 Å². The predicted octanol–water partition coefficient (Wildman–Crippen LogP) is 3.53. The summed E-state index contributed by atoms with van der Waals surface area (Å²) in [7, 11) is -3.52. The van der Waals surface area contributed by atoms with E-state index in [-0.39, 0.29) is 23.3 Å². The van der Waals surface area contributed by atoms with Crippen LogP contribution in [0.5, 0.6) is 5.75 Å². The van der Waals surface area contributed by atoms with E-state index >= 15 is 0 Å². The van der Waals surface area contributed by atoms with Crippen molar-refractivity contribution < 1.29 is 22.7 Å². The highest BCUT2D eigenvalue weighted by Crippen LogP contribution is 2.23. The number of hydrogen-bond donors (Lipinski definition) is 3. The fourth-order valence-corrected chi connectivity index (χ4v) is 4.43. The van der Waals surface area contributed by atoms with Gasteiger partial charge < -0.3 is 4.74 Å². The van der Waals surface area contributed by atoms with Crippen molar-refractivity contribution in [1.82, 2.24) is 10.1 Å². The molecule has 34 heavy (non-hydrogen) atoms. The molecule has 176 valence electrons. The maximum atomic E-state index is 12.5. The van der Waals surface area contributed by atoms with Crippen LogP contribution >= 0.6 is 11.6 Å². The Labute approximate surface area is 202 Å². The fraction of sp³-hybridized carbons (Fsp3) is 0.167. The zero-order valence-corrected chi connectivity index (χ0v) is 19.5. The number of hydrogen-bond acceptors (Lipinski definition) is 6. The standard InChI is InChI=1S/C24H22ClN3O5S/c25-18-5-1-16(2-6-18)24(30)17-3-11-21(12-4-17)33-15-23(29)27-26-19-9-13-22(14-10-19)34(31,32)28-20-7-8-20/h1-6,9-14,20,26,28H,7-8,15H2,(H,27,29). The van der Waals surface area contributed by atoms with Gasteiger partial charge in [-0.15, -0.1) is 0 Å².